The highest BCUT2D eigenvalue weighted by molar-refractivity contribution is 6.69. The van der Waals surface area contributed by atoms with Gasteiger partial charge in [0, 0.05) is 12.3 Å². The van der Waals surface area contributed by atoms with E-state index in [1.54, 1.807) is 0 Å². The minimum absolute atomic E-state index is 0.177. The van der Waals surface area contributed by atoms with Gasteiger partial charge in [-0.25, -0.2) is 0 Å². The number of hydrogen-bond donors (Lipinski definition) is 0. The first kappa shape index (κ1) is 14.3. The van der Waals surface area contributed by atoms with Crippen molar-refractivity contribution in [3.05, 3.63) is 35.9 Å². The van der Waals surface area contributed by atoms with Gasteiger partial charge in [0.15, 0.2) is 8.32 Å². The van der Waals surface area contributed by atoms with Crippen LogP contribution in [0.15, 0.2) is 35.5 Å². The number of nitrogens with zero attached hydrogens (tertiary/aromatic N) is 1. The minimum atomic E-state index is -1.60. The quantitative estimate of drug-likeness (QED) is 0.778. The summed E-state index contributed by atoms with van der Waals surface area (Å²) in [6.07, 6.45) is 1.79. The highest BCUT2D eigenvalue weighted by Crippen LogP contribution is 2.27. The van der Waals surface area contributed by atoms with Crippen molar-refractivity contribution in [2.75, 3.05) is 0 Å². The molecule has 0 aliphatic carbocycles. The monoisotopic (exact) mass is 277 g/mol. The van der Waals surface area contributed by atoms with Crippen molar-refractivity contribution in [2.24, 2.45) is 11.1 Å². The van der Waals surface area contributed by atoms with Gasteiger partial charge in [-0.2, -0.15) is 0 Å². The Morgan fingerprint density at radius 1 is 1.26 bits per heavy atom. The summed E-state index contributed by atoms with van der Waals surface area (Å²) >= 11 is 0. The Labute approximate surface area is 116 Å². The zero-order chi connectivity index (χ0) is 13.9. The summed E-state index contributed by atoms with van der Waals surface area (Å²) in [5.74, 6) is 0.388. The maximum Gasteiger partial charge on any atom is 0.221 e. The molecule has 4 heteroatoms. The SMILES string of the molecule is CC[C@@H]1CC(c2ccccc2)=NO[C@H]1O[Si](C)(C)C. The molecule has 0 amide bonds. The van der Waals surface area contributed by atoms with E-state index in [1.165, 1.54) is 0 Å². The lowest BCUT2D eigenvalue weighted by Gasteiger charge is -2.33. The second kappa shape index (κ2) is 5.88. The first-order valence-corrected chi connectivity index (χ1v) is 10.4. The fourth-order valence-electron chi connectivity index (χ4n) is 2.19. The molecule has 0 aromatic heterocycles. The van der Waals surface area contributed by atoms with Crippen molar-refractivity contribution < 1.29 is 9.26 Å². The van der Waals surface area contributed by atoms with Gasteiger partial charge in [-0.05, 0) is 31.6 Å². The van der Waals surface area contributed by atoms with Crippen LogP contribution in [-0.4, -0.2) is 20.3 Å². The van der Waals surface area contributed by atoms with Crippen LogP contribution in [0.3, 0.4) is 0 Å². The fourth-order valence-corrected chi connectivity index (χ4v) is 3.12. The van der Waals surface area contributed by atoms with Gasteiger partial charge in [0.1, 0.15) is 0 Å². The Morgan fingerprint density at radius 2 is 1.95 bits per heavy atom. The van der Waals surface area contributed by atoms with Crippen molar-refractivity contribution in [3.8, 4) is 0 Å². The minimum Gasteiger partial charge on any atom is -0.382 e. The van der Waals surface area contributed by atoms with Crippen LogP contribution in [0.2, 0.25) is 19.6 Å². The Kier molecular flexibility index (Phi) is 4.42. The van der Waals surface area contributed by atoms with Crippen LogP contribution in [0.1, 0.15) is 25.3 Å². The molecule has 0 spiro atoms. The number of oxime groups is 1. The molecule has 19 heavy (non-hydrogen) atoms. The largest absolute Gasteiger partial charge is 0.382 e. The van der Waals surface area contributed by atoms with E-state index in [0.29, 0.717) is 5.92 Å². The van der Waals surface area contributed by atoms with Crippen LogP contribution in [-0.2, 0) is 9.26 Å². The summed E-state index contributed by atoms with van der Waals surface area (Å²) in [5, 5.41) is 4.28. The molecule has 0 N–H and O–H groups in total. The van der Waals surface area contributed by atoms with Crippen molar-refractivity contribution in [1.82, 2.24) is 0 Å². The molecule has 3 nitrogen and oxygen atoms in total. The van der Waals surface area contributed by atoms with E-state index in [4.69, 9.17) is 9.26 Å². The molecule has 1 heterocycles. The lowest BCUT2D eigenvalue weighted by Crippen LogP contribution is -2.40. The Hall–Kier alpha value is -1.13. The van der Waals surface area contributed by atoms with E-state index in [-0.39, 0.29) is 6.29 Å². The van der Waals surface area contributed by atoms with E-state index in [1.807, 2.05) is 18.2 Å². The van der Waals surface area contributed by atoms with Crippen LogP contribution in [0.4, 0.5) is 0 Å². The molecule has 1 aromatic rings. The summed E-state index contributed by atoms with van der Waals surface area (Å²) in [6.45, 7) is 8.72. The zero-order valence-electron chi connectivity index (χ0n) is 12.2. The van der Waals surface area contributed by atoms with Crippen LogP contribution >= 0.6 is 0 Å². The average Bonchev–Trinajstić information content (AvgIpc) is 2.38. The van der Waals surface area contributed by atoms with Gasteiger partial charge in [0.25, 0.3) is 0 Å². The summed E-state index contributed by atoms with van der Waals surface area (Å²) in [7, 11) is -1.60. The summed E-state index contributed by atoms with van der Waals surface area (Å²) in [5.41, 5.74) is 2.18. The molecule has 0 unspecified atom stereocenters. The molecule has 0 fully saturated rings. The van der Waals surface area contributed by atoms with E-state index in [0.717, 1.165) is 24.1 Å². The van der Waals surface area contributed by atoms with Gasteiger partial charge in [-0.3, -0.25) is 0 Å². The first-order valence-electron chi connectivity index (χ1n) is 6.95. The third kappa shape index (κ3) is 3.91. The molecule has 0 saturated carbocycles. The maximum atomic E-state index is 6.08. The number of benzene rings is 1. The second-order valence-electron chi connectivity index (χ2n) is 5.98. The van der Waals surface area contributed by atoms with Gasteiger partial charge >= 0.3 is 0 Å². The van der Waals surface area contributed by atoms with E-state index in [2.05, 4.69) is 43.9 Å². The van der Waals surface area contributed by atoms with E-state index >= 15 is 0 Å². The normalized spacial score (nSPS) is 23.7. The summed E-state index contributed by atoms with van der Waals surface area (Å²) in [6, 6.07) is 10.2. The van der Waals surface area contributed by atoms with Gasteiger partial charge in [-0.15, -0.1) is 0 Å². The van der Waals surface area contributed by atoms with Gasteiger partial charge in [0.2, 0.25) is 6.29 Å². The molecule has 1 aliphatic rings. The summed E-state index contributed by atoms with van der Waals surface area (Å²) in [4.78, 5) is 5.62. The van der Waals surface area contributed by atoms with Crippen LogP contribution in [0.5, 0.6) is 0 Å². The van der Waals surface area contributed by atoms with Gasteiger partial charge < -0.3 is 9.26 Å². The van der Waals surface area contributed by atoms with Gasteiger partial charge in [0.05, 0.1) is 5.71 Å². The van der Waals surface area contributed by atoms with Crippen molar-refractivity contribution >= 4 is 14.0 Å². The number of hydrogen-bond acceptors (Lipinski definition) is 3. The maximum absolute atomic E-state index is 6.08. The van der Waals surface area contributed by atoms with E-state index < -0.39 is 8.32 Å². The molecule has 0 bridgehead atoms. The second-order valence-corrected chi connectivity index (χ2v) is 10.4. The van der Waals surface area contributed by atoms with Crippen molar-refractivity contribution in [3.63, 3.8) is 0 Å². The Morgan fingerprint density at radius 3 is 2.53 bits per heavy atom. The lowest BCUT2D eigenvalue weighted by atomic mass is 9.94. The predicted octanol–water partition coefficient (Wildman–Crippen LogP) is 4.01. The lowest BCUT2D eigenvalue weighted by molar-refractivity contribution is -0.128. The standard InChI is InChI=1S/C15H23NO2Si/c1-5-12-11-14(13-9-7-6-8-10-13)16-17-15(12)18-19(2,3)4/h6-10,12,15H,5,11H2,1-4H3/t12-,15+/m1/s1. The third-order valence-corrected chi connectivity index (χ3v) is 4.15. The molecule has 2 atom stereocenters. The average molecular weight is 277 g/mol. The molecule has 104 valence electrons. The molecule has 1 aliphatic heterocycles. The van der Waals surface area contributed by atoms with Crippen molar-refractivity contribution in [1.29, 1.82) is 0 Å². The van der Waals surface area contributed by atoms with Crippen LogP contribution in [0.25, 0.3) is 0 Å². The molecule has 1 aromatic carbocycles. The van der Waals surface area contributed by atoms with Crippen LogP contribution < -0.4 is 0 Å². The third-order valence-electron chi connectivity index (χ3n) is 3.21. The first-order chi connectivity index (χ1) is 8.99. The topological polar surface area (TPSA) is 30.8 Å². The molecule has 0 saturated heterocycles. The van der Waals surface area contributed by atoms with Crippen LogP contribution in [0, 0.1) is 5.92 Å². The Bertz CT molecular complexity index is 439. The number of rotatable bonds is 4. The smallest absolute Gasteiger partial charge is 0.221 e. The zero-order valence-corrected chi connectivity index (χ0v) is 13.2. The van der Waals surface area contributed by atoms with E-state index in [9.17, 15) is 0 Å². The highest BCUT2D eigenvalue weighted by atomic mass is 28.4. The van der Waals surface area contributed by atoms with Crippen molar-refractivity contribution in [2.45, 2.75) is 45.7 Å². The molecule has 0 radical (unpaired) electrons. The van der Waals surface area contributed by atoms with Gasteiger partial charge in [-0.1, -0.05) is 42.4 Å². The highest BCUT2D eigenvalue weighted by Gasteiger charge is 2.33. The molecular weight excluding hydrogens is 254 g/mol. The molecular formula is C15H23NO2Si. The fraction of sp³-hybridized carbons (Fsp3) is 0.533. The summed E-state index contributed by atoms with van der Waals surface area (Å²) < 4.78 is 6.08. The molecule has 2 rings (SSSR count). The predicted molar refractivity (Wildman–Crippen MR) is 80.7 cm³/mol. The Balaban J connectivity index is 2.12.